The van der Waals surface area contributed by atoms with Gasteiger partial charge in [-0.05, 0) is 6.42 Å². The van der Waals surface area contributed by atoms with Crippen molar-refractivity contribution in [3.8, 4) is 0 Å². The maximum atomic E-state index is 13.2. The van der Waals surface area contributed by atoms with Crippen LogP contribution in [0, 0.1) is 5.95 Å². The van der Waals surface area contributed by atoms with E-state index in [1.165, 1.54) is 16.8 Å². The quantitative estimate of drug-likeness (QED) is 0.835. The molecule has 1 aliphatic rings. The standard InChI is InChI=1S/C12H12FN3O2/c1-12(2)4-6(11(17)18)7-5-14-9-3-8(13)15-16(9)10(7)12/h3,5-6H,4H2,1-2H3,(H,17,18). The first-order chi connectivity index (χ1) is 8.40. The first-order valence-corrected chi connectivity index (χ1v) is 5.67. The van der Waals surface area contributed by atoms with Crippen LogP contribution in [0.2, 0.25) is 0 Å². The zero-order chi connectivity index (χ0) is 13.1. The zero-order valence-corrected chi connectivity index (χ0v) is 10.0. The smallest absolute Gasteiger partial charge is 0.311 e. The van der Waals surface area contributed by atoms with Gasteiger partial charge in [-0.3, -0.25) is 4.79 Å². The number of aliphatic carboxylic acids is 1. The molecular weight excluding hydrogens is 237 g/mol. The first-order valence-electron chi connectivity index (χ1n) is 5.67. The summed E-state index contributed by atoms with van der Waals surface area (Å²) in [6.45, 7) is 3.88. The molecule has 0 aliphatic heterocycles. The fourth-order valence-corrected chi connectivity index (χ4v) is 2.79. The Labute approximate surface area is 102 Å². The summed E-state index contributed by atoms with van der Waals surface area (Å²) in [4.78, 5) is 15.3. The van der Waals surface area contributed by atoms with Crippen molar-refractivity contribution in [2.24, 2.45) is 0 Å². The van der Waals surface area contributed by atoms with E-state index in [0.29, 0.717) is 17.6 Å². The number of rotatable bonds is 1. The molecule has 0 radical (unpaired) electrons. The molecule has 18 heavy (non-hydrogen) atoms. The third-order valence-corrected chi connectivity index (χ3v) is 3.51. The molecule has 0 fully saturated rings. The van der Waals surface area contributed by atoms with Gasteiger partial charge >= 0.3 is 5.97 Å². The summed E-state index contributed by atoms with van der Waals surface area (Å²) in [7, 11) is 0. The van der Waals surface area contributed by atoms with Crippen molar-refractivity contribution in [2.75, 3.05) is 0 Å². The van der Waals surface area contributed by atoms with Crippen LogP contribution in [0.5, 0.6) is 0 Å². The van der Waals surface area contributed by atoms with E-state index < -0.39 is 17.8 Å². The van der Waals surface area contributed by atoms with Gasteiger partial charge in [-0.25, -0.2) is 9.50 Å². The van der Waals surface area contributed by atoms with Gasteiger partial charge in [0, 0.05) is 23.2 Å². The molecule has 5 nitrogen and oxygen atoms in total. The molecular formula is C12H12FN3O2. The summed E-state index contributed by atoms with van der Waals surface area (Å²) < 4.78 is 14.6. The second kappa shape index (κ2) is 3.28. The molecule has 0 saturated heterocycles. The SMILES string of the molecule is CC1(C)CC(C(=O)O)c2cnc3cc(F)nn3c21. The summed E-state index contributed by atoms with van der Waals surface area (Å²) in [6.07, 6.45) is 2.00. The van der Waals surface area contributed by atoms with Gasteiger partial charge in [0.25, 0.3) is 0 Å². The van der Waals surface area contributed by atoms with Gasteiger partial charge in [0.05, 0.1) is 11.6 Å². The third-order valence-electron chi connectivity index (χ3n) is 3.51. The van der Waals surface area contributed by atoms with Crippen LogP contribution < -0.4 is 0 Å². The molecule has 0 aromatic carbocycles. The van der Waals surface area contributed by atoms with E-state index in [4.69, 9.17) is 0 Å². The number of carbonyl (C=O) groups is 1. The van der Waals surface area contributed by atoms with Crippen LogP contribution in [0.4, 0.5) is 4.39 Å². The van der Waals surface area contributed by atoms with Crippen LogP contribution in [0.15, 0.2) is 12.3 Å². The molecule has 1 N–H and O–H groups in total. The molecule has 1 unspecified atom stereocenters. The van der Waals surface area contributed by atoms with Crippen LogP contribution in [-0.4, -0.2) is 25.7 Å². The fourth-order valence-electron chi connectivity index (χ4n) is 2.79. The van der Waals surface area contributed by atoms with Gasteiger partial charge < -0.3 is 5.11 Å². The van der Waals surface area contributed by atoms with Gasteiger partial charge in [-0.15, -0.1) is 5.10 Å². The molecule has 6 heteroatoms. The second-order valence-electron chi connectivity index (χ2n) is 5.28. The minimum Gasteiger partial charge on any atom is -0.481 e. The highest BCUT2D eigenvalue weighted by Gasteiger charge is 2.43. The van der Waals surface area contributed by atoms with Crippen molar-refractivity contribution in [3.05, 3.63) is 29.5 Å². The van der Waals surface area contributed by atoms with Crippen molar-refractivity contribution < 1.29 is 14.3 Å². The summed E-state index contributed by atoms with van der Waals surface area (Å²) in [5.74, 6) is -2.08. The third kappa shape index (κ3) is 1.35. The number of halogens is 1. The lowest BCUT2D eigenvalue weighted by Gasteiger charge is -2.19. The number of carboxylic acid groups (broad SMARTS) is 1. The Morgan fingerprint density at radius 3 is 3.00 bits per heavy atom. The van der Waals surface area contributed by atoms with Crippen LogP contribution >= 0.6 is 0 Å². The van der Waals surface area contributed by atoms with Crippen molar-refractivity contribution in [2.45, 2.75) is 31.6 Å². The molecule has 0 spiro atoms. The lowest BCUT2D eigenvalue weighted by atomic mass is 9.89. The molecule has 1 aliphatic carbocycles. The molecule has 2 heterocycles. The lowest BCUT2D eigenvalue weighted by Crippen LogP contribution is -2.18. The number of nitrogens with zero attached hydrogens (tertiary/aromatic N) is 3. The maximum absolute atomic E-state index is 13.2. The predicted molar refractivity (Wildman–Crippen MR) is 61.0 cm³/mol. The number of aromatic nitrogens is 3. The monoisotopic (exact) mass is 249 g/mol. The van der Waals surface area contributed by atoms with Crippen LogP contribution in [0.3, 0.4) is 0 Å². The van der Waals surface area contributed by atoms with E-state index >= 15 is 0 Å². The average molecular weight is 249 g/mol. The largest absolute Gasteiger partial charge is 0.481 e. The zero-order valence-electron chi connectivity index (χ0n) is 10.0. The van der Waals surface area contributed by atoms with Gasteiger partial charge in [0.1, 0.15) is 0 Å². The van der Waals surface area contributed by atoms with Crippen LogP contribution in [0.25, 0.3) is 5.65 Å². The molecule has 0 amide bonds. The van der Waals surface area contributed by atoms with E-state index in [2.05, 4.69) is 10.1 Å². The Hall–Kier alpha value is -1.98. The molecule has 3 rings (SSSR count). The minimum atomic E-state index is -0.879. The van der Waals surface area contributed by atoms with Crippen molar-refractivity contribution in [1.82, 2.24) is 14.6 Å². The molecule has 0 bridgehead atoms. The Morgan fingerprint density at radius 2 is 2.33 bits per heavy atom. The van der Waals surface area contributed by atoms with E-state index in [-0.39, 0.29) is 5.41 Å². The van der Waals surface area contributed by atoms with Crippen molar-refractivity contribution in [3.63, 3.8) is 0 Å². The van der Waals surface area contributed by atoms with E-state index in [0.717, 1.165) is 5.69 Å². The molecule has 94 valence electrons. The van der Waals surface area contributed by atoms with E-state index in [1.54, 1.807) is 0 Å². The van der Waals surface area contributed by atoms with Gasteiger partial charge in [0.15, 0.2) is 5.65 Å². The predicted octanol–water partition coefficient (Wildman–Crippen LogP) is 1.72. The van der Waals surface area contributed by atoms with Crippen molar-refractivity contribution in [1.29, 1.82) is 0 Å². The Balaban J connectivity index is 2.35. The average Bonchev–Trinajstić information content (AvgIpc) is 2.75. The highest BCUT2D eigenvalue weighted by Crippen LogP contribution is 2.45. The Kier molecular flexibility index (Phi) is 2.03. The number of carboxylic acids is 1. The molecule has 2 aromatic heterocycles. The normalized spacial score (nSPS) is 21.2. The van der Waals surface area contributed by atoms with Gasteiger partial charge in [-0.1, -0.05) is 13.8 Å². The van der Waals surface area contributed by atoms with Crippen LogP contribution in [-0.2, 0) is 10.2 Å². The number of hydrogen-bond donors (Lipinski definition) is 1. The Bertz CT molecular complexity index is 663. The van der Waals surface area contributed by atoms with E-state index in [1.807, 2.05) is 13.8 Å². The van der Waals surface area contributed by atoms with Crippen LogP contribution in [0.1, 0.15) is 37.4 Å². The second-order valence-corrected chi connectivity index (χ2v) is 5.28. The topological polar surface area (TPSA) is 67.5 Å². The minimum absolute atomic E-state index is 0.363. The lowest BCUT2D eigenvalue weighted by molar-refractivity contribution is -0.139. The summed E-state index contributed by atoms with van der Waals surface area (Å²) in [5.41, 5.74) is 1.41. The molecule has 0 saturated carbocycles. The number of fused-ring (bicyclic) bond motifs is 3. The van der Waals surface area contributed by atoms with E-state index in [9.17, 15) is 14.3 Å². The maximum Gasteiger partial charge on any atom is 0.311 e. The number of hydrogen-bond acceptors (Lipinski definition) is 3. The molecule has 2 aromatic rings. The Morgan fingerprint density at radius 1 is 1.61 bits per heavy atom. The highest BCUT2D eigenvalue weighted by atomic mass is 19.1. The summed E-state index contributed by atoms with van der Waals surface area (Å²) >= 11 is 0. The fraction of sp³-hybridized carbons (Fsp3) is 0.417. The van der Waals surface area contributed by atoms with Gasteiger partial charge in [-0.2, -0.15) is 4.39 Å². The summed E-state index contributed by atoms with van der Waals surface area (Å²) in [6, 6.07) is 1.24. The van der Waals surface area contributed by atoms with Crippen molar-refractivity contribution >= 4 is 11.6 Å². The summed E-state index contributed by atoms with van der Waals surface area (Å²) in [5, 5.41) is 13.0. The highest BCUT2D eigenvalue weighted by molar-refractivity contribution is 5.78. The molecule has 1 atom stereocenters. The van der Waals surface area contributed by atoms with Gasteiger partial charge in [0.2, 0.25) is 5.95 Å². The first kappa shape index (κ1) is 11.1.